The van der Waals surface area contributed by atoms with Gasteiger partial charge in [-0.2, -0.15) is 0 Å². The van der Waals surface area contributed by atoms with Crippen molar-refractivity contribution in [2.75, 3.05) is 10.6 Å². The van der Waals surface area contributed by atoms with Gasteiger partial charge in [0.15, 0.2) is 0 Å². The molecule has 0 radical (unpaired) electrons. The predicted molar refractivity (Wildman–Crippen MR) is 100 cm³/mol. The molecular formula is C20H20N4O. The van der Waals surface area contributed by atoms with Gasteiger partial charge in [0.05, 0.1) is 0 Å². The molecule has 0 saturated carbocycles. The predicted octanol–water partition coefficient (Wildman–Crippen LogP) is 4.40. The molecule has 126 valence electrons. The van der Waals surface area contributed by atoms with Crippen molar-refractivity contribution in [2.45, 2.75) is 20.8 Å². The van der Waals surface area contributed by atoms with E-state index in [1.165, 1.54) is 11.9 Å². The Labute approximate surface area is 147 Å². The first-order valence-corrected chi connectivity index (χ1v) is 8.06. The highest BCUT2D eigenvalue weighted by Gasteiger charge is 2.10. The van der Waals surface area contributed by atoms with Crippen LogP contribution in [0.4, 0.5) is 17.2 Å². The molecule has 0 saturated heterocycles. The molecule has 5 nitrogen and oxygen atoms in total. The summed E-state index contributed by atoms with van der Waals surface area (Å²) in [6, 6.07) is 15.3. The number of hydrogen-bond acceptors (Lipinski definition) is 4. The molecule has 0 aliphatic rings. The number of carbonyl (C=O) groups excluding carboxylic acids is 1. The molecule has 0 aliphatic heterocycles. The summed E-state index contributed by atoms with van der Waals surface area (Å²) in [5, 5.41) is 6.10. The number of amides is 1. The van der Waals surface area contributed by atoms with E-state index in [2.05, 4.69) is 33.6 Å². The van der Waals surface area contributed by atoms with Crippen LogP contribution in [-0.2, 0) is 0 Å². The van der Waals surface area contributed by atoms with Crippen LogP contribution in [0.3, 0.4) is 0 Å². The summed E-state index contributed by atoms with van der Waals surface area (Å²) in [5.74, 6) is 0.315. The van der Waals surface area contributed by atoms with Gasteiger partial charge in [-0.3, -0.25) is 4.79 Å². The Balaban J connectivity index is 1.79. The maximum atomic E-state index is 12.4. The Morgan fingerprint density at radius 3 is 2.56 bits per heavy atom. The molecule has 1 amide bonds. The first-order valence-electron chi connectivity index (χ1n) is 8.06. The van der Waals surface area contributed by atoms with Crippen molar-refractivity contribution in [3.63, 3.8) is 0 Å². The fraction of sp³-hybridized carbons (Fsp3) is 0.150. The number of rotatable bonds is 4. The lowest BCUT2D eigenvalue weighted by molar-refractivity contribution is 0.102. The van der Waals surface area contributed by atoms with Crippen molar-refractivity contribution in [1.29, 1.82) is 0 Å². The highest BCUT2D eigenvalue weighted by atomic mass is 16.1. The van der Waals surface area contributed by atoms with Gasteiger partial charge < -0.3 is 10.6 Å². The van der Waals surface area contributed by atoms with Crippen molar-refractivity contribution in [3.8, 4) is 0 Å². The van der Waals surface area contributed by atoms with E-state index in [1.807, 2.05) is 50.2 Å². The lowest BCUT2D eigenvalue weighted by Crippen LogP contribution is -2.14. The van der Waals surface area contributed by atoms with Crippen LogP contribution >= 0.6 is 0 Å². The number of aryl methyl sites for hydroxylation is 2. The highest BCUT2D eigenvalue weighted by molar-refractivity contribution is 6.03. The van der Waals surface area contributed by atoms with E-state index in [0.717, 1.165) is 22.5 Å². The Morgan fingerprint density at radius 1 is 0.960 bits per heavy atom. The summed E-state index contributed by atoms with van der Waals surface area (Å²) < 4.78 is 0. The molecule has 0 atom stereocenters. The molecule has 0 unspecified atom stereocenters. The number of aromatic nitrogens is 2. The minimum absolute atomic E-state index is 0.267. The van der Waals surface area contributed by atoms with Crippen LogP contribution in [0, 0.1) is 20.8 Å². The maximum Gasteiger partial charge on any atom is 0.274 e. The number of carbonyl (C=O) groups is 1. The second-order valence-electron chi connectivity index (χ2n) is 5.98. The Kier molecular flexibility index (Phi) is 4.75. The fourth-order valence-corrected chi connectivity index (χ4v) is 2.49. The van der Waals surface area contributed by atoms with E-state index in [9.17, 15) is 4.79 Å². The molecule has 0 aliphatic carbocycles. The normalized spacial score (nSPS) is 10.4. The van der Waals surface area contributed by atoms with Crippen LogP contribution in [0.2, 0.25) is 0 Å². The second-order valence-corrected chi connectivity index (χ2v) is 5.98. The standard InChI is InChI=1S/C20H20N4O/c1-13-6-4-8-16(10-13)23-20(25)18-11-19(22-12-21-18)24-17-9-5-7-14(2)15(17)3/h4-12H,1-3H3,(H,23,25)(H,21,22,24). The van der Waals surface area contributed by atoms with Crippen molar-refractivity contribution in [3.05, 3.63) is 77.2 Å². The third kappa shape index (κ3) is 4.01. The van der Waals surface area contributed by atoms with E-state index in [0.29, 0.717) is 11.5 Å². The summed E-state index contributed by atoms with van der Waals surface area (Å²) in [4.78, 5) is 20.7. The number of benzene rings is 2. The topological polar surface area (TPSA) is 66.9 Å². The van der Waals surface area contributed by atoms with E-state index >= 15 is 0 Å². The Hall–Kier alpha value is -3.21. The average molecular weight is 332 g/mol. The SMILES string of the molecule is Cc1cccc(NC(=O)c2cc(Nc3cccc(C)c3C)ncn2)c1. The average Bonchev–Trinajstić information content (AvgIpc) is 2.59. The van der Waals surface area contributed by atoms with Gasteiger partial charge in [-0.25, -0.2) is 9.97 Å². The molecule has 0 spiro atoms. The van der Waals surface area contributed by atoms with Crippen LogP contribution < -0.4 is 10.6 Å². The minimum Gasteiger partial charge on any atom is -0.340 e. The first kappa shape index (κ1) is 16.6. The lowest BCUT2D eigenvalue weighted by atomic mass is 10.1. The number of hydrogen-bond donors (Lipinski definition) is 2. The van der Waals surface area contributed by atoms with E-state index < -0.39 is 0 Å². The maximum absolute atomic E-state index is 12.4. The monoisotopic (exact) mass is 332 g/mol. The van der Waals surface area contributed by atoms with Gasteiger partial charge in [-0.15, -0.1) is 0 Å². The molecule has 5 heteroatoms. The van der Waals surface area contributed by atoms with Crippen LogP contribution in [0.15, 0.2) is 54.9 Å². The van der Waals surface area contributed by atoms with Crippen LogP contribution in [0.25, 0.3) is 0 Å². The first-order chi connectivity index (χ1) is 12.0. The van der Waals surface area contributed by atoms with Gasteiger partial charge >= 0.3 is 0 Å². The Morgan fingerprint density at radius 2 is 1.76 bits per heavy atom. The van der Waals surface area contributed by atoms with E-state index in [4.69, 9.17) is 0 Å². The molecule has 3 rings (SSSR count). The van der Waals surface area contributed by atoms with E-state index in [1.54, 1.807) is 6.07 Å². The van der Waals surface area contributed by atoms with Gasteiger partial charge in [0.25, 0.3) is 5.91 Å². The van der Waals surface area contributed by atoms with Gasteiger partial charge in [-0.1, -0.05) is 24.3 Å². The second kappa shape index (κ2) is 7.13. The fourth-order valence-electron chi connectivity index (χ4n) is 2.49. The molecule has 25 heavy (non-hydrogen) atoms. The molecular weight excluding hydrogens is 312 g/mol. The summed E-state index contributed by atoms with van der Waals surface area (Å²) in [7, 11) is 0. The lowest BCUT2D eigenvalue weighted by Gasteiger charge is -2.11. The molecule has 2 aromatic carbocycles. The van der Waals surface area contributed by atoms with Gasteiger partial charge in [0.1, 0.15) is 17.8 Å². The van der Waals surface area contributed by atoms with Crippen LogP contribution in [-0.4, -0.2) is 15.9 Å². The van der Waals surface area contributed by atoms with Crippen molar-refractivity contribution in [1.82, 2.24) is 9.97 Å². The number of nitrogens with one attached hydrogen (secondary N) is 2. The summed E-state index contributed by atoms with van der Waals surface area (Å²) >= 11 is 0. The van der Waals surface area contributed by atoms with Crippen LogP contribution in [0.5, 0.6) is 0 Å². The van der Waals surface area contributed by atoms with Crippen molar-refractivity contribution < 1.29 is 4.79 Å². The number of anilines is 3. The summed E-state index contributed by atoms with van der Waals surface area (Å²) in [6.07, 6.45) is 1.39. The molecule has 2 N–H and O–H groups in total. The molecule has 1 aromatic heterocycles. The minimum atomic E-state index is -0.267. The summed E-state index contributed by atoms with van der Waals surface area (Å²) in [6.45, 7) is 6.08. The zero-order valence-corrected chi connectivity index (χ0v) is 14.5. The largest absolute Gasteiger partial charge is 0.340 e. The zero-order chi connectivity index (χ0) is 17.8. The Bertz CT molecular complexity index is 921. The third-order valence-electron chi connectivity index (χ3n) is 4.04. The van der Waals surface area contributed by atoms with Crippen molar-refractivity contribution >= 4 is 23.1 Å². The van der Waals surface area contributed by atoms with Gasteiger partial charge in [0.2, 0.25) is 0 Å². The molecule has 1 heterocycles. The quantitative estimate of drug-likeness (QED) is 0.743. The molecule has 3 aromatic rings. The van der Waals surface area contributed by atoms with E-state index in [-0.39, 0.29) is 5.91 Å². The highest BCUT2D eigenvalue weighted by Crippen LogP contribution is 2.22. The van der Waals surface area contributed by atoms with Crippen LogP contribution in [0.1, 0.15) is 27.2 Å². The third-order valence-corrected chi connectivity index (χ3v) is 4.04. The molecule has 0 bridgehead atoms. The summed E-state index contributed by atoms with van der Waals surface area (Å²) in [5.41, 5.74) is 5.43. The van der Waals surface area contributed by atoms with Gasteiger partial charge in [-0.05, 0) is 55.7 Å². The molecule has 0 fully saturated rings. The van der Waals surface area contributed by atoms with Crippen molar-refractivity contribution in [2.24, 2.45) is 0 Å². The smallest absolute Gasteiger partial charge is 0.274 e. The van der Waals surface area contributed by atoms with Gasteiger partial charge in [0, 0.05) is 17.4 Å². The zero-order valence-electron chi connectivity index (χ0n) is 14.5. The number of nitrogens with zero attached hydrogens (tertiary/aromatic N) is 2.